The van der Waals surface area contributed by atoms with E-state index in [1.807, 2.05) is 18.2 Å². The van der Waals surface area contributed by atoms with Crippen LogP contribution in [0.4, 0.5) is 18.2 Å². The fraction of sp³-hybridized carbons (Fsp3) is 0.154. The SMILES string of the molecule is NC(=O)c1c(NC(=O)c2cnn3c(C(F)(F)F)cc(-c4cccc5ccccc45)nc23)sc2c1CCC2. The Morgan fingerprint density at radius 1 is 1.08 bits per heavy atom. The zero-order chi connectivity index (χ0) is 25.9. The fourth-order valence-corrected chi connectivity index (χ4v) is 6.12. The number of nitrogens with zero attached hydrogens (tertiary/aromatic N) is 3. The summed E-state index contributed by atoms with van der Waals surface area (Å²) in [5, 5.41) is 8.35. The number of thiophene rings is 1. The summed E-state index contributed by atoms with van der Waals surface area (Å²) in [5.74, 6) is -1.39. The van der Waals surface area contributed by atoms with Crippen LogP contribution in [0.1, 0.15) is 43.3 Å². The lowest BCUT2D eigenvalue weighted by atomic mass is 10.0. The number of carbonyl (C=O) groups excluding carboxylic acids is 2. The molecule has 0 saturated carbocycles. The van der Waals surface area contributed by atoms with Crippen LogP contribution in [0.2, 0.25) is 0 Å². The van der Waals surface area contributed by atoms with Crippen molar-refractivity contribution in [3.8, 4) is 11.3 Å². The van der Waals surface area contributed by atoms with Crippen molar-refractivity contribution in [2.75, 3.05) is 5.32 Å². The summed E-state index contributed by atoms with van der Waals surface area (Å²) < 4.78 is 42.9. The Kier molecular flexibility index (Phi) is 5.27. The molecule has 0 bridgehead atoms. The maximum Gasteiger partial charge on any atom is 0.433 e. The van der Waals surface area contributed by atoms with Crippen molar-refractivity contribution in [2.45, 2.75) is 25.4 Å². The summed E-state index contributed by atoms with van der Waals surface area (Å²) in [6, 6.07) is 13.5. The van der Waals surface area contributed by atoms with E-state index in [-0.39, 0.29) is 27.5 Å². The number of nitrogens with two attached hydrogens (primary N) is 1. The number of hydrogen-bond donors (Lipinski definition) is 2. The standard InChI is InChI=1S/C26H18F3N5O2S/c27-26(28,29)20-11-18(15-8-3-6-13-5-1-2-7-14(13)15)32-23-17(12-31-34(20)23)24(36)33-25-21(22(30)35)16-9-4-10-19(16)37-25/h1-3,5-8,11-12H,4,9-10H2,(H2,30,35)(H,33,36). The minimum absolute atomic E-state index is 0.0547. The molecule has 11 heteroatoms. The number of carbonyl (C=O) groups is 2. The van der Waals surface area contributed by atoms with Crippen molar-refractivity contribution in [1.29, 1.82) is 0 Å². The molecule has 0 radical (unpaired) electrons. The molecule has 3 heterocycles. The van der Waals surface area contributed by atoms with Crippen LogP contribution in [-0.2, 0) is 19.0 Å². The van der Waals surface area contributed by atoms with E-state index in [4.69, 9.17) is 5.73 Å². The molecule has 0 fully saturated rings. The minimum atomic E-state index is -4.76. The Morgan fingerprint density at radius 3 is 2.65 bits per heavy atom. The van der Waals surface area contributed by atoms with E-state index >= 15 is 0 Å². The Balaban J connectivity index is 1.50. The number of amides is 2. The lowest BCUT2D eigenvalue weighted by molar-refractivity contribution is -0.142. The van der Waals surface area contributed by atoms with E-state index < -0.39 is 23.7 Å². The van der Waals surface area contributed by atoms with Crippen LogP contribution in [0.3, 0.4) is 0 Å². The summed E-state index contributed by atoms with van der Waals surface area (Å²) in [6.45, 7) is 0. The third-order valence-electron chi connectivity index (χ3n) is 6.47. The van der Waals surface area contributed by atoms with Crippen molar-refractivity contribution in [3.05, 3.63) is 82.0 Å². The van der Waals surface area contributed by atoms with Crippen LogP contribution >= 0.6 is 11.3 Å². The third kappa shape index (κ3) is 3.82. The number of primary amides is 1. The van der Waals surface area contributed by atoms with Crippen LogP contribution < -0.4 is 11.1 Å². The predicted molar refractivity (Wildman–Crippen MR) is 134 cm³/mol. The molecule has 3 N–H and O–H groups in total. The molecule has 37 heavy (non-hydrogen) atoms. The lowest BCUT2D eigenvalue weighted by Crippen LogP contribution is -2.18. The molecule has 0 atom stereocenters. The predicted octanol–water partition coefficient (Wildman–Crippen LogP) is 5.47. The average Bonchev–Trinajstić information content (AvgIpc) is 3.56. The van der Waals surface area contributed by atoms with E-state index in [9.17, 15) is 22.8 Å². The number of aromatic nitrogens is 3. The van der Waals surface area contributed by atoms with Gasteiger partial charge in [-0.25, -0.2) is 9.50 Å². The van der Waals surface area contributed by atoms with Gasteiger partial charge in [-0.05, 0) is 41.7 Å². The number of aryl methyl sites for hydroxylation is 1. The van der Waals surface area contributed by atoms with E-state index in [2.05, 4.69) is 15.4 Å². The van der Waals surface area contributed by atoms with Crippen LogP contribution in [0.15, 0.2) is 54.7 Å². The zero-order valence-electron chi connectivity index (χ0n) is 19.1. The highest BCUT2D eigenvalue weighted by Crippen LogP contribution is 2.39. The Hall–Kier alpha value is -4.25. The topological polar surface area (TPSA) is 102 Å². The number of benzene rings is 2. The van der Waals surface area contributed by atoms with Gasteiger partial charge in [0.2, 0.25) is 0 Å². The van der Waals surface area contributed by atoms with Gasteiger partial charge in [0.25, 0.3) is 11.8 Å². The summed E-state index contributed by atoms with van der Waals surface area (Å²) >= 11 is 1.26. The number of halogens is 3. The molecule has 1 aliphatic rings. The van der Waals surface area contributed by atoms with Gasteiger partial charge in [0.05, 0.1) is 17.5 Å². The first-order valence-electron chi connectivity index (χ1n) is 11.4. The number of rotatable bonds is 4. The van der Waals surface area contributed by atoms with Gasteiger partial charge in [-0.15, -0.1) is 11.3 Å². The Bertz CT molecular complexity index is 1730. The fourth-order valence-electron chi connectivity index (χ4n) is 4.84. The number of nitrogens with one attached hydrogen (secondary N) is 1. The van der Waals surface area contributed by atoms with Crippen molar-refractivity contribution < 1.29 is 22.8 Å². The van der Waals surface area contributed by atoms with Gasteiger partial charge in [0.1, 0.15) is 10.6 Å². The molecule has 5 aromatic rings. The lowest BCUT2D eigenvalue weighted by Gasteiger charge is -2.13. The van der Waals surface area contributed by atoms with E-state index in [0.717, 1.165) is 46.3 Å². The van der Waals surface area contributed by atoms with Gasteiger partial charge in [-0.1, -0.05) is 42.5 Å². The van der Waals surface area contributed by atoms with Crippen molar-refractivity contribution >= 4 is 44.6 Å². The highest BCUT2D eigenvalue weighted by Gasteiger charge is 2.36. The van der Waals surface area contributed by atoms with E-state index in [1.54, 1.807) is 24.3 Å². The quantitative estimate of drug-likeness (QED) is 0.327. The number of hydrogen-bond acceptors (Lipinski definition) is 5. The Labute approximate surface area is 211 Å². The first-order valence-corrected chi connectivity index (χ1v) is 12.2. The molecule has 0 saturated heterocycles. The second kappa shape index (κ2) is 8.41. The number of anilines is 1. The second-order valence-electron chi connectivity index (χ2n) is 8.72. The molecule has 0 unspecified atom stereocenters. The van der Waals surface area contributed by atoms with Gasteiger partial charge >= 0.3 is 6.18 Å². The molecule has 2 aromatic carbocycles. The first-order chi connectivity index (χ1) is 17.7. The smallest absolute Gasteiger partial charge is 0.365 e. The molecule has 7 nitrogen and oxygen atoms in total. The maximum atomic E-state index is 14.1. The summed E-state index contributed by atoms with van der Waals surface area (Å²) in [6.07, 6.45) is -1.36. The molecule has 1 aliphatic carbocycles. The largest absolute Gasteiger partial charge is 0.433 e. The molecule has 6 rings (SSSR count). The monoisotopic (exact) mass is 521 g/mol. The summed E-state index contributed by atoms with van der Waals surface area (Å²) in [5.41, 5.74) is 5.73. The van der Waals surface area contributed by atoms with Gasteiger partial charge in [0.15, 0.2) is 11.3 Å². The van der Waals surface area contributed by atoms with Gasteiger partial charge in [-0.2, -0.15) is 18.3 Å². The first kappa shape index (κ1) is 23.2. The number of alkyl halides is 3. The summed E-state index contributed by atoms with van der Waals surface area (Å²) in [4.78, 5) is 30.8. The Morgan fingerprint density at radius 2 is 1.86 bits per heavy atom. The third-order valence-corrected chi connectivity index (χ3v) is 7.67. The van der Waals surface area contributed by atoms with E-state index in [0.29, 0.717) is 16.5 Å². The minimum Gasteiger partial charge on any atom is -0.365 e. The van der Waals surface area contributed by atoms with Crippen LogP contribution in [-0.4, -0.2) is 26.4 Å². The van der Waals surface area contributed by atoms with Crippen LogP contribution in [0.25, 0.3) is 27.7 Å². The maximum absolute atomic E-state index is 14.1. The molecule has 2 amide bonds. The number of fused-ring (bicyclic) bond motifs is 3. The average molecular weight is 522 g/mol. The van der Waals surface area contributed by atoms with Crippen LogP contribution in [0, 0.1) is 0 Å². The van der Waals surface area contributed by atoms with Crippen molar-refractivity contribution in [2.24, 2.45) is 5.73 Å². The molecule has 0 spiro atoms. The van der Waals surface area contributed by atoms with E-state index in [1.165, 1.54) is 11.3 Å². The van der Waals surface area contributed by atoms with Gasteiger partial charge < -0.3 is 11.1 Å². The van der Waals surface area contributed by atoms with Crippen LogP contribution in [0.5, 0.6) is 0 Å². The highest BCUT2D eigenvalue weighted by atomic mass is 32.1. The van der Waals surface area contributed by atoms with Gasteiger partial charge in [-0.3, -0.25) is 9.59 Å². The zero-order valence-corrected chi connectivity index (χ0v) is 19.9. The second-order valence-corrected chi connectivity index (χ2v) is 9.83. The normalized spacial score (nSPS) is 13.3. The molecular weight excluding hydrogens is 503 g/mol. The summed E-state index contributed by atoms with van der Waals surface area (Å²) in [7, 11) is 0. The highest BCUT2D eigenvalue weighted by molar-refractivity contribution is 7.17. The molecule has 0 aliphatic heterocycles. The molecule has 3 aromatic heterocycles. The molecule has 186 valence electrons. The van der Waals surface area contributed by atoms with Crippen molar-refractivity contribution in [1.82, 2.24) is 14.6 Å². The van der Waals surface area contributed by atoms with Gasteiger partial charge in [0, 0.05) is 10.4 Å². The molecular formula is C26H18F3N5O2S. The van der Waals surface area contributed by atoms with Crippen molar-refractivity contribution in [3.63, 3.8) is 0 Å².